The van der Waals surface area contributed by atoms with E-state index in [1.165, 1.54) is 0 Å². The van der Waals surface area contributed by atoms with Gasteiger partial charge in [-0.25, -0.2) is 9.78 Å². The van der Waals surface area contributed by atoms with Crippen molar-refractivity contribution in [3.8, 4) is 22.8 Å². The SMILES string of the molecule is Cc1cc(C(C)Nc2ccc(Cl)nc2-c2noc(=O)[nH]2)c2oc(-c3cnn(CCO[Si](C)(C)C(C)(C)C)c3)c(C)c(=O)c2c1. The topological polar surface area (TPSA) is 141 Å². The van der Waals surface area contributed by atoms with Crippen LogP contribution < -0.4 is 16.5 Å². The normalized spacial score (nSPS) is 13.0. The number of aromatic amines is 1. The molecule has 13 heteroatoms. The number of rotatable bonds is 9. The van der Waals surface area contributed by atoms with E-state index >= 15 is 0 Å². The second kappa shape index (κ2) is 11.8. The lowest BCUT2D eigenvalue weighted by Crippen LogP contribution is -2.41. The molecule has 0 saturated carbocycles. The lowest BCUT2D eigenvalue weighted by atomic mass is 9.99. The van der Waals surface area contributed by atoms with Gasteiger partial charge in [0, 0.05) is 17.3 Å². The minimum absolute atomic E-state index is 0.110. The van der Waals surface area contributed by atoms with Crippen molar-refractivity contribution in [1.29, 1.82) is 0 Å². The smallest absolute Gasteiger partial charge is 0.439 e. The van der Waals surface area contributed by atoms with Gasteiger partial charge in [0.25, 0.3) is 0 Å². The average Bonchev–Trinajstić information content (AvgIpc) is 3.60. The van der Waals surface area contributed by atoms with Crippen molar-refractivity contribution in [3.05, 3.63) is 79.3 Å². The van der Waals surface area contributed by atoms with Crippen LogP contribution in [-0.4, -0.2) is 39.8 Å². The maximum absolute atomic E-state index is 13.7. The molecule has 1 unspecified atom stereocenters. The molecule has 5 aromatic rings. The van der Waals surface area contributed by atoms with Crippen LogP contribution >= 0.6 is 11.6 Å². The zero-order valence-electron chi connectivity index (χ0n) is 26.2. The maximum atomic E-state index is 13.7. The van der Waals surface area contributed by atoms with E-state index in [4.69, 9.17) is 20.4 Å². The molecule has 0 amide bonds. The van der Waals surface area contributed by atoms with Crippen LogP contribution in [0.1, 0.15) is 50.4 Å². The zero-order valence-corrected chi connectivity index (χ0v) is 27.9. The minimum atomic E-state index is -1.88. The van der Waals surface area contributed by atoms with Crippen LogP contribution in [0.2, 0.25) is 23.3 Å². The second-order valence-electron chi connectivity index (χ2n) is 12.6. The molecule has 11 nitrogen and oxygen atoms in total. The molecule has 44 heavy (non-hydrogen) atoms. The standard InChI is InChI=1S/C31H37ClN6O5Si/c1-17-13-21(19(3)34-23-9-10-24(32)35-25(23)29-36-30(40)43-37-29)28-22(14-17)26(39)18(2)27(42-28)20-15-33-38(16-20)11-12-41-44(7,8)31(4,5)6/h9-10,13-16,19,34H,11-12H2,1-8H3,(H,36,37,40). The molecule has 0 saturated heterocycles. The summed E-state index contributed by atoms with van der Waals surface area (Å²) in [7, 11) is -1.88. The zero-order chi connectivity index (χ0) is 32.0. The van der Waals surface area contributed by atoms with Crippen LogP contribution in [0.15, 0.2) is 55.2 Å². The fourth-order valence-electron chi connectivity index (χ4n) is 4.75. The first kappa shape index (κ1) is 31.4. The summed E-state index contributed by atoms with van der Waals surface area (Å²) >= 11 is 6.15. The minimum Gasteiger partial charge on any atom is -0.455 e. The summed E-state index contributed by atoms with van der Waals surface area (Å²) in [5, 5.41) is 12.5. The number of benzene rings is 1. The monoisotopic (exact) mass is 636 g/mol. The number of H-pyrrole nitrogens is 1. The van der Waals surface area contributed by atoms with Crippen LogP contribution in [0.3, 0.4) is 0 Å². The third-order valence-electron chi connectivity index (χ3n) is 8.24. The summed E-state index contributed by atoms with van der Waals surface area (Å²) in [6.07, 6.45) is 3.59. The molecule has 0 fully saturated rings. The molecule has 1 atom stereocenters. The molecule has 0 aliphatic rings. The average molecular weight is 637 g/mol. The predicted molar refractivity (Wildman–Crippen MR) is 174 cm³/mol. The van der Waals surface area contributed by atoms with Gasteiger partial charge in [0.2, 0.25) is 5.82 Å². The van der Waals surface area contributed by atoms with Gasteiger partial charge < -0.3 is 14.2 Å². The summed E-state index contributed by atoms with van der Waals surface area (Å²) in [6.45, 7) is 17.9. The van der Waals surface area contributed by atoms with Crippen molar-refractivity contribution < 1.29 is 13.4 Å². The van der Waals surface area contributed by atoms with Gasteiger partial charge in [-0.2, -0.15) is 5.10 Å². The highest BCUT2D eigenvalue weighted by molar-refractivity contribution is 6.74. The number of anilines is 1. The van der Waals surface area contributed by atoms with E-state index in [1.807, 2.05) is 36.9 Å². The van der Waals surface area contributed by atoms with Crippen molar-refractivity contribution in [2.24, 2.45) is 0 Å². The Labute approximate surface area is 260 Å². The van der Waals surface area contributed by atoms with Crippen molar-refractivity contribution in [2.75, 3.05) is 11.9 Å². The molecule has 1 aromatic carbocycles. The van der Waals surface area contributed by atoms with Gasteiger partial charge in [-0.1, -0.05) is 43.6 Å². The van der Waals surface area contributed by atoms with Gasteiger partial charge >= 0.3 is 5.76 Å². The van der Waals surface area contributed by atoms with E-state index in [1.54, 1.807) is 25.3 Å². The lowest BCUT2D eigenvalue weighted by molar-refractivity contribution is 0.266. The van der Waals surface area contributed by atoms with E-state index in [-0.39, 0.29) is 27.5 Å². The number of fused-ring (bicyclic) bond motifs is 1. The number of hydrogen-bond donors (Lipinski definition) is 2. The molecule has 2 N–H and O–H groups in total. The number of aromatic nitrogens is 5. The lowest BCUT2D eigenvalue weighted by Gasteiger charge is -2.36. The first-order valence-electron chi connectivity index (χ1n) is 14.4. The summed E-state index contributed by atoms with van der Waals surface area (Å²) < 4.78 is 19.3. The molecule has 5 rings (SSSR count). The van der Waals surface area contributed by atoms with Crippen molar-refractivity contribution in [2.45, 2.75) is 72.3 Å². The highest BCUT2D eigenvalue weighted by atomic mass is 35.5. The summed E-state index contributed by atoms with van der Waals surface area (Å²) in [5.74, 6) is -0.107. The Morgan fingerprint density at radius 2 is 1.93 bits per heavy atom. The third-order valence-corrected chi connectivity index (χ3v) is 13.0. The first-order chi connectivity index (χ1) is 20.6. The predicted octanol–water partition coefficient (Wildman–Crippen LogP) is 6.86. The summed E-state index contributed by atoms with van der Waals surface area (Å²) in [5.41, 5.74) is 4.11. The van der Waals surface area contributed by atoms with E-state index in [9.17, 15) is 9.59 Å². The molecule has 0 radical (unpaired) electrons. The molecule has 0 spiro atoms. The van der Waals surface area contributed by atoms with Crippen LogP contribution in [0.5, 0.6) is 0 Å². The van der Waals surface area contributed by atoms with Gasteiger partial charge in [-0.15, -0.1) is 0 Å². The Kier molecular flexibility index (Phi) is 8.45. The molecule has 0 aliphatic carbocycles. The molecule has 0 aliphatic heterocycles. The Morgan fingerprint density at radius 1 is 1.18 bits per heavy atom. The quantitative estimate of drug-likeness (QED) is 0.131. The summed E-state index contributed by atoms with van der Waals surface area (Å²) in [4.78, 5) is 32.1. The Morgan fingerprint density at radius 3 is 2.61 bits per heavy atom. The van der Waals surface area contributed by atoms with E-state index < -0.39 is 14.1 Å². The van der Waals surface area contributed by atoms with Crippen molar-refractivity contribution in [3.63, 3.8) is 0 Å². The number of hydrogen-bond acceptors (Lipinski definition) is 9. The van der Waals surface area contributed by atoms with Crippen LogP contribution in [-0.2, 0) is 11.0 Å². The largest absolute Gasteiger partial charge is 0.455 e. The van der Waals surface area contributed by atoms with Crippen LogP contribution in [0.4, 0.5) is 5.69 Å². The van der Waals surface area contributed by atoms with Gasteiger partial charge in [-0.05, 0) is 62.7 Å². The molecular formula is C31H37ClN6O5Si. The number of pyridine rings is 1. The van der Waals surface area contributed by atoms with Gasteiger partial charge in [-0.3, -0.25) is 19.0 Å². The fraction of sp³-hybridized carbons (Fsp3) is 0.387. The second-order valence-corrected chi connectivity index (χ2v) is 17.8. The molecular weight excluding hydrogens is 600 g/mol. The summed E-state index contributed by atoms with van der Waals surface area (Å²) in [6, 6.07) is 6.83. The van der Waals surface area contributed by atoms with Gasteiger partial charge in [0.05, 0.1) is 42.0 Å². The van der Waals surface area contributed by atoms with Crippen LogP contribution in [0.25, 0.3) is 33.8 Å². The molecule has 232 valence electrons. The number of nitrogens with zero attached hydrogens (tertiary/aromatic N) is 4. The van der Waals surface area contributed by atoms with Gasteiger partial charge in [0.15, 0.2) is 13.7 Å². The Hall–Kier alpha value is -4.00. The molecule has 4 heterocycles. The maximum Gasteiger partial charge on any atom is 0.439 e. The van der Waals surface area contributed by atoms with Crippen molar-refractivity contribution in [1.82, 2.24) is 24.9 Å². The molecule has 4 aromatic heterocycles. The number of nitrogens with one attached hydrogen (secondary N) is 2. The van der Waals surface area contributed by atoms with Crippen molar-refractivity contribution >= 4 is 36.6 Å². The van der Waals surface area contributed by atoms with E-state index in [0.717, 1.165) is 11.1 Å². The highest BCUT2D eigenvalue weighted by Crippen LogP contribution is 2.37. The number of halogens is 1. The fourth-order valence-corrected chi connectivity index (χ4v) is 5.94. The molecule has 0 bridgehead atoms. The third kappa shape index (κ3) is 6.28. The Bertz CT molecular complexity index is 1950. The number of aryl methyl sites for hydroxylation is 1. The van der Waals surface area contributed by atoms with Gasteiger partial charge in [0.1, 0.15) is 22.2 Å². The van der Waals surface area contributed by atoms with E-state index in [2.05, 4.69) is 63.9 Å². The Balaban J connectivity index is 1.49. The highest BCUT2D eigenvalue weighted by Gasteiger charge is 2.37. The van der Waals surface area contributed by atoms with E-state index in [0.29, 0.717) is 52.4 Å². The first-order valence-corrected chi connectivity index (χ1v) is 17.7. The van der Waals surface area contributed by atoms with Crippen LogP contribution in [0, 0.1) is 13.8 Å².